The first kappa shape index (κ1) is 20.6. The van der Waals surface area contributed by atoms with Crippen molar-refractivity contribution in [3.05, 3.63) is 36.2 Å². The van der Waals surface area contributed by atoms with E-state index in [2.05, 4.69) is 15.3 Å². The van der Waals surface area contributed by atoms with Crippen molar-refractivity contribution in [2.24, 2.45) is 5.92 Å². The molecule has 1 fully saturated rings. The summed E-state index contributed by atoms with van der Waals surface area (Å²) in [6, 6.07) is 7.64. The normalized spacial score (nSPS) is 14.8. The maximum Gasteiger partial charge on any atom is 0.274 e. The number of piperidine rings is 1. The molecule has 24 heavy (non-hydrogen) atoms. The van der Waals surface area contributed by atoms with E-state index in [1.165, 1.54) is 6.42 Å². The van der Waals surface area contributed by atoms with Crippen molar-refractivity contribution in [3.8, 4) is 0 Å². The van der Waals surface area contributed by atoms with Gasteiger partial charge in [0.2, 0.25) is 0 Å². The molecule has 5 nitrogen and oxygen atoms in total. The van der Waals surface area contributed by atoms with E-state index in [9.17, 15) is 4.79 Å². The molecule has 1 amide bonds. The van der Waals surface area contributed by atoms with E-state index in [1.807, 2.05) is 36.2 Å². The fraction of sp³-hybridized carbons (Fsp3) is 0.471. The van der Waals surface area contributed by atoms with Gasteiger partial charge in [-0.05, 0) is 50.9 Å². The summed E-state index contributed by atoms with van der Waals surface area (Å²) in [5, 5.41) is 3.19. The van der Waals surface area contributed by atoms with Crippen LogP contribution in [0.25, 0.3) is 11.0 Å². The third-order valence-electron chi connectivity index (χ3n) is 4.37. The maximum absolute atomic E-state index is 12.6. The highest BCUT2D eigenvalue weighted by Crippen LogP contribution is 2.21. The Bertz CT molecular complexity index is 660. The number of halogens is 2. The monoisotopic (exact) mass is 370 g/mol. The number of amides is 1. The minimum Gasteiger partial charge on any atom is -0.337 e. The molecule has 0 saturated carbocycles. The molecule has 0 bridgehead atoms. The van der Waals surface area contributed by atoms with Gasteiger partial charge in [0.05, 0.1) is 17.2 Å². The third-order valence-corrected chi connectivity index (χ3v) is 4.37. The fourth-order valence-electron chi connectivity index (χ4n) is 3.00. The Labute approximate surface area is 155 Å². The minimum atomic E-state index is 0. The largest absolute Gasteiger partial charge is 0.337 e. The van der Waals surface area contributed by atoms with Crippen LogP contribution in [0.1, 0.15) is 29.8 Å². The van der Waals surface area contributed by atoms with Crippen LogP contribution in [0.2, 0.25) is 0 Å². The van der Waals surface area contributed by atoms with Gasteiger partial charge in [0, 0.05) is 13.1 Å². The molecule has 1 N–H and O–H groups in total. The van der Waals surface area contributed by atoms with Crippen LogP contribution in [-0.2, 0) is 0 Å². The van der Waals surface area contributed by atoms with Crippen molar-refractivity contribution < 1.29 is 4.79 Å². The van der Waals surface area contributed by atoms with Crippen LogP contribution in [0.15, 0.2) is 30.5 Å². The number of aromatic nitrogens is 2. The van der Waals surface area contributed by atoms with Crippen LogP contribution in [0, 0.1) is 5.92 Å². The highest BCUT2D eigenvalue weighted by Gasteiger charge is 2.24. The number of nitrogens with zero attached hydrogens (tertiary/aromatic N) is 3. The summed E-state index contributed by atoms with van der Waals surface area (Å²) in [4.78, 5) is 23.3. The molecule has 7 heteroatoms. The van der Waals surface area contributed by atoms with Crippen molar-refractivity contribution in [2.75, 3.05) is 26.7 Å². The van der Waals surface area contributed by atoms with Crippen molar-refractivity contribution in [3.63, 3.8) is 0 Å². The first-order valence-electron chi connectivity index (χ1n) is 7.93. The lowest BCUT2D eigenvalue weighted by Crippen LogP contribution is -2.39. The number of nitrogens with one attached hydrogen (secondary N) is 1. The summed E-state index contributed by atoms with van der Waals surface area (Å²) in [5.74, 6) is 0.726. The maximum atomic E-state index is 12.6. The van der Waals surface area contributed by atoms with Gasteiger partial charge in [-0.1, -0.05) is 12.1 Å². The van der Waals surface area contributed by atoms with E-state index < -0.39 is 0 Å². The van der Waals surface area contributed by atoms with Crippen LogP contribution >= 0.6 is 24.8 Å². The number of benzene rings is 1. The molecule has 132 valence electrons. The Kier molecular flexibility index (Phi) is 8.39. The molecule has 2 heterocycles. The molecule has 0 aliphatic carbocycles. The Hall–Kier alpha value is -1.43. The molecule has 0 unspecified atom stereocenters. The predicted molar refractivity (Wildman–Crippen MR) is 101 cm³/mol. The van der Waals surface area contributed by atoms with E-state index in [4.69, 9.17) is 0 Å². The molecule has 1 aliphatic heterocycles. The first-order chi connectivity index (χ1) is 10.8. The average Bonchev–Trinajstić information content (AvgIpc) is 2.59. The number of likely N-dealkylation sites (tertiary alicyclic amines) is 1. The molecule has 3 rings (SSSR count). The molecular formula is C17H24Cl2N4O. The molecular weight excluding hydrogens is 347 g/mol. The highest BCUT2D eigenvalue weighted by atomic mass is 35.5. The van der Waals surface area contributed by atoms with E-state index in [0.29, 0.717) is 5.69 Å². The molecule has 1 aromatic carbocycles. The van der Waals surface area contributed by atoms with E-state index in [0.717, 1.165) is 49.4 Å². The lowest BCUT2D eigenvalue weighted by molar-refractivity contribution is 0.0681. The number of fused-ring (bicyclic) bond motifs is 1. The molecule has 1 aliphatic rings. The number of para-hydroxylation sites is 2. The number of carbonyl (C=O) groups is 1. The van der Waals surface area contributed by atoms with Gasteiger partial charge in [0.15, 0.2) is 0 Å². The second kappa shape index (κ2) is 9.77. The number of hydrogen-bond donors (Lipinski definition) is 1. The van der Waals surface area contributed by atoms with Gasteiger partial charge in [0.25, 0.3) is 5.91 Å². The van der Waals surface area contributed by atoms with Gasteiger partial charge in [-0.15, -0.1) is 24.8 Å². The third kappa shape index (κ3) is 4.79. The number of carbonyl (C=O) groups excluding carboxylic acids is 1. The Morgan fingerprint density at radius 2 is 1.88 bits per heavy atom. The molecule has 0 radical (unpaired) electrons. The zero-order valence-corrected chi connectivity index (χ0v) is 15.4. The number of hydrogen-bond acceptors (Lipinski definition) is 4. The average molecular weight is 371 g/mol. The SMILES string of the molecule is CNCCC1CCN(C(=O)c2cnc3ccccc3n2)CC1.Cl.Cl. The van der Waals surface area contributed by atoms with Crippen LogP contribution < -0.4 is 5.32 Å². The Morgan fingerprint density at radius 1 is 1.21 bits per heavy atom. The smallest absolute Gasteiger partial charge is 0.274 e. The molecule has 1 saturated heterocycles. The minimum absolute atomic E-state index is 0. The molecule has 0 atom stereocenters. The van der Waals surface area contributed by atoms with E-state index in [1.54, 1.807) is 6.20 Å². The summed E-state index contributed by atoms with van der Waals surface area (Å²) in [6.07, 6.45) is 4.94. The number of rotatable bonds is 4. The van der Waals surface area contributed by atoms with E-state index >= 15 is 0 Å². The summed E-state index contributed by atoms with van der Waals surface area (Å²) in [6.45, 7) is 2.69. The van der Waals surface area contributed by atoms with Crippen LogP contribution in [0.3, 0.4) is 0 Å². The van der Waals surface area contributed by atoms with Gasteiger partial charge in [-0.25, -0.2) is 4.98 Å². The fourth-order valence-corrected chi connectivity index (χ4v) is 3.00. The molecule has 1 aromatic heterocycles. The Balaban J connectivity index is 0.00000144. The summed E-state index contributed by atoms with van der Waals surface area (Å²) in [7, 11) is 1.98. The quantitative estimate of drug-likeness (QED) is 0.898. The predicted octanol–water partition coefficient (Wildman–Crippen LogP) is 2.94. The van der Waals surface area contributed by atoms with Crippen LogP contribution in [-0.4, -0.2) is 47.5 Å². The van der Waals surface area contributed by atoms with Crippen LogP contribution in [0.5, 0.6) is 0 Å². The van der Waals surface area contributed by atoms with Gasteiger partial charge < -0.3 is 10.2 Å². The Morgan fingerprint density at radius 3 is 2.54 bits per heavy atom. The van der Waals surface area contributed by atoms with E-state index in [-0.39, 0.29) is 30.7 Å². The van der Waals surface area contributed by atoms with Gasteiger partial charge in [0.1, 0.15) is 5.69 Å². The zero-order chi connectivity index (χ0) is 15.4. The highest BCUT2D eigenvalue weighted by molar-refractivity contribution is 5.93. The van der Waals surface area contributed by atoms with Crippen molar-refractivity contribution in [1.29, 1.82) is 0 Å². The van der Waals surface area contributed by atoms with Gasteiger partial charge in [-0.3, -0.25) is 9.78 Å². The lowest BCUT2D eigenvalue weighted by atomic mass is 9.93. The zero-order valence-electron chi connectivity index (χ0n) is 13.8. The second-order valence-electron chi connectivity index (χ2n) is 5.87. The van der Waals surface area contributed by atoms with Gasteiger partial charge >= 0.3 is 0 Å². The topological polar surface area (TPSA) is 58.1 Å². The van der Waals surface area contributed by atoms with Gasteiger partial charge in [-0.2, -0.15) is 0 Å². The molecule has 2 aromatic rings. The summed E-state index contributed by atoms with van der Waals surface area (Å²) < 4.78 is 0. The summed E-state index contributed by atoms with van der Waals surface area (Å²) >= 11 is 0. The van der Waals surface area contributed by atoms with Crippen molar-refractivity contribution in [1.82, 2.24) is 20.2 Å². The van der Waals surface area contributed by atoms with Crippen molar-refractivity contribution in [2.45, 2.75) is 19.3 Å². The lowest BCUT2D eigenvalue weighted by Gasteiger charge is -2.31. The standard InChI is InChI=1S/C17H22N4O.2ClH/c1-18-9-6-13-7-10-21(11-8-13)17(22)16-12-19-14-4-2-3-5-15(14)20-16;;/h2-5,12-13,18H,6-11H2,1H3;2*1H. The first-order valence-corrected chi connectivity index (χ1v) is 7.93. The molecule has 0 spiro atoms. The van der Waals surface area contributed by atoms with Crippen LogP contribution in [0.4, 0.5) is 0 Å². The second-order valence-corrected chi connectivity index (χ2v) is 5.87. The summed E-state index contributed by atoms with van der Waals surface area (Å²) in [5.41, 5.74) is 2.05. The van der Waals surface area contributed by atoms with Crippen molar-refractivity contribution >= 4 is 41.8 Å².